The molecule has 0 radical (unpaired) electrons. The third kappa shape index (κ3) is 2.96. The summed E-state index contributed by atoms with van der Waals surface area (Å²) in [5.74, 6) is 0.971. The lowest BCUT2D eigenvalue weighted by molar-refractivity contribution is 0.567. The zero-order valence-electron chi connectivity index (χ0n) is 11.0. The van der Waals surface area contributed by atoms with E-state index in [0.29, 0.717) is 0 Å². The Balaban J connectivity index is 2.01. The summed E-state index contributed by atoms with van der Waals surface area (Å²) in [6.45, 7) is 5.02. The summed E-state index contributed by atoms with van der Waals surface area (Å²) in [5.41, 5.74) is 8.82. The minimum atomic E-state index is 0.0839. The van der Waals surface area contributed by atoms with Gasteiger partial charge in [0.15, 0.2) is 0 Å². The number of nitrogens with zero attached hydrogens (tertiary/aromatic N) is 3. The average Bonchev–Trinajstić information content (AvgIpc) is 2.79. The van der Waals surface area contributed by atoms with Gasteiger partial charge in [0.05, 0.1) is 0 Å². The van der Waals surface area contributed by atoms with Crippen LogP contribution in [0.1, 0.15) is 23.9 Å². The van der Waals surface area contributed by atoms with E-state index in [-0.39, 0.29) is 6.04 Å². The van der Waals surface area contributed by atoms with Gasteiger partial charge in [-0.25, -0.2) is 4.98 Å². The lowest BCUT2D eigenvalue weighted by Gasteiger charge is -2.13. The predicted octanol–water partition coefficient (Wildman–Crippen LogP) is 1.72. The van der Waals surface area contributed by atoms with E-state index >= 15 is 0 Å². The highest BCUT2D eigenvalue weighted by molar-refractivity contribution is 5.26. The quantitative estimate of drug-likeness (QED) is 0.871. The number of rotatable bonds is 5. The first-order valence-electron chi connectivity index (χ1n) is 6.37. The minimum absolute atomic E-state index is 0.0839. The molecular formula is C14H20N4. The van der Waals surface area contributed by atoms with Crippen molar-refractivity contribution in [2.75, 3.05) is 0 Å². The zero-order chi connectivity index (χ0) is 13.0. The van der Waals surface area contributed by atoms with Crippen molar-refractivity contribution in [2.45, 2.75) is 39.3 Å². The molecule has 0 fully saturated rings. The number of nitrogens with two attached hydrogens (primary N) is 1. The molecule has 1 heterocycles. The molecule has 0 saturated carbocycles. The predicted molar refractivity (Wildman–Crippen MR) is 72.3 cm³/mol. The van der Waals surface area contributed by atoms with Gasteiger partial charge in [0.2, 0.25) is 0 Å². The summed E-state index contributed by atoms with van der Waals surface area (Å²) in [4.78, 5) is 4.26. The van der Waals surface area contributed by atoms with Crippen LogP contribution in [0.5, 0.6) is 0 Å². The van der Waals surface area contributed by atoms with E-state index in [9.17, 15) is 0 Å². The molecule has 0 saturated heterocycles. The van der Waals surface area contributed by atoms with Crippen molar-refractivity contribution in [2.24, 2.45) is 5.73 Å². The van der Waals surface area contributed by atoms with Gasteiger partial charge in [-0.15, -0.1) is 0 Å². The van der Waals surface area contributed by atoms with Crippen LogP contribution in [0.2, 0.25) is 0 Å². The van der Waals surface area contributed by atoms with Gasteiger partial charge in [-0.1, -0.05) is 24.3 Å². The summed E-state index contributed by atoms with van der Waals surface area (Å²) in [7, 11) is 0. The molecule has 0 aliphatic heterocycles. The lowest BCUT2D eigenvalue weighted by atomic mass is 10.00. The molecule has 0 amide bonds. The SMILES string of the molecule is CCn1ncnc1CC(N)Cc1ccccc1C. The van der Waals surface area contributed by atoms with Crippen molar-refractivity contribution >= 4 is 0 Å². The van der Waals surface area contributed by atoms with Gasteiger partial charge in [-0.05, 0) is 31.4 Å². The van der Waals surface area contributed by atoms with Gasteiger partial charge < -0.3 is 5.73 Å². The molecule has 96 valence electrons. The number of hydrogen-bond acceptors (Lipinski definition) is 3. The second-order valence-corrected chi connectivity index (χ2v) is 4.59. The number of aromatic nitrogens is 3. The Morgan fingerprint density at radius 1 is 1.28 bits per heavy atom. The Labute approximate surface area is 108 Å². The molecule has 1 aromatic carbocycles. The van der Waals surface area contributed by atoms with Crippen LogP contribution in [0, 0.1) is 6.92 Å². The smallest absolute Gasteiger partial charge is 0.138 e. The molecule has 4 nitrogen and oxygen atoms in total. The van der Waals surface area contributed by atoms with Gasteiger partial charge >= 0.3 is 0 Å². The van der Waals surface area contributed by atoms with E-state index < -0.39 is 0 Å². The fourth-order valence-electron chi connectivity index (χ4n) is 2.14. The fourth-order valence-corrected chi connectivity index (χ4v) is 2.14. The molecule has 1 atom stereocenters. The van der Waals surface area contributed by atoms with Gasteiger partial charge in [0.1, 0.15) is 12.2 Å². The van der Waals surface area contributed by atoms with E-state index in [4.69, 9.17) is 5.73 Å². The van der Waals surface area contributed by atoms with Gasteiger partial charge in [0, 0.05) is 19.0 Å². The zero-order valence-corrected chi connectivity index (χ0v) is 11.0. The first-order valence-corrected chi connectivity index (χ1v) is 6.37. The van der Waals surface area contributed by atoms with Crippen LogP contribution >= 0.6 is 0 Å². The second-order valence-electron chi connectivity index (χ2n) is 4.59. The van der Waals surface area contributed by atoms with Gasteiger partial charge in [-0.2, -0.15) is 5.10 Å². The third-order valence-electron chi connectivity index (χ3n) is 3.18. The van der Waals surface area contributed by atoms with E-state index in [0.717, 1.165) is 25.2 Å². The molecule has 2 rings (SSSR count). The molecule has 0 spiro atoms. The molecule has 1 unspecified atom stereocenters. The van der Waals surface area contributed by atoms with Gasteiger partial charge in [-0.3, -0.25) is 4.68 Å². The average molecular weight is 244 g/mol. The van der Waals surface area contributed by atoms with E-state index in [1.54, 1.807) is 6.33 Å². The van der Waals surface area contributed by atoms with Crippen molar-refractivity contribution in [3.63, 3.8) is 0 Å². The standard InChI is InChI=1S/C14H20N4/c1-3-18-14(16-10-17-18)9-13(15)8-12-7-5-4-6-11(12)2/h4-7,10,13H,3,8-9,15H2,1-2H3. The molecule has 18 heavy (non-hydrogen) atoms. The van der Waals surface area contributed by atoms with Crippen LogP contribution in [0.3, 0.4) is 0 Å². The summed E-state index contributed by atoms with van der Waals surface area (Å²) in [5, 5.41) is 4.16. The molecule has 2 N–H and O–H groups in total. The van der Waals surface area contributed by atoms with E-state index in [1.807, 2.05) is 4.68 Å². The fraction of sp³-hybridized carbons (Fsp3) is 0.429. The number of aryl methyl sites for hydroxylation is 2. The Morgan fingerprint density at radius 2 is 2.06 bits per heavy atom. The van der Waals surface area contributed by atoms with Crippen LogP contribution in [0.25, 0.3) is 0 Å². The topological polar surface area (TPSA) is 56.7 Å². The largest absolute Gasteiger partial charge is 0.327 e. The minimum Gasteiger partial charge on any atom is -0.327 e. The number of hydrogen-bond donors (Lipinski definition) is 1. The maximum atomic E-state index is 6.21. The Morgan fingerprint density at radius 3 is 2.78 bits per heavy atom. The van der Waals surface area contributed by atoms with Crippen LogP contribution in [-0.4, -0.2) is 20.8 Å². The molecule has 2 aromatic rings. The highest BCUT2D eigenvalue weighted by Crippen LogP contribution is 2.10. The molecule has 0 aliphatic rings. The molecule has 0 bridgehead atoms. The van der Waals surface area contributed by atoms with Crippen LogP contribution in [0.4, 0.5) is 0 Å². The van der Waals surface area contributed by atoms with Gasteiger partial charge in [0.25, 0.3) is 0 Å². The maximum absolute atomic E-state index is 6.21. The number of benzene rings is 1. The highest BCUT2D eigenvalue weighted by atomic mass is 15.3. The van der Waals surface area contributed by atoms with E-state index in [2.05, 4.69) is 48.2 Å². The summed E-state index contributed by atoms with van der Waals surface area (Å²) < 4.78 is 1.90. The molecular weight excluding hydrogens is 224 g/mol. The first kappa shape index (κ1) is 12.8. The molecule has 4 heteroatoms. The summed E-state index contributed by atoms with van der Waals surface area (Å²) >= 11 is 0. The second kappa shape index (κ2) is 5.78. The summed E-state index contributed by atoms with van der Waals surface area (Å²) in [6, 6.07) is 8.46. The summed E-state index contributed by atoms with van der Waals surface area (Å²) in [6.07, 6.45) is 3.24. The Hall–Kier alpha value is -1.68. The molecule has 1 aromatic heterocycles. The maximum Gasteiger partial charge on any atom is 0.138 e. The first-order chi connectivity index (χ1) is 8.70. The van der Waals surface area contributed by atoms with Crippen LogP contribution in [-0.2, 0) is 19.4 Å². The Kier molecular flexibility index (Phi) is 4.10. The van der Waals surface area contributed by atoms with Crippen molar-refractivity contribution in [1.29, 1.82) is 0 Å². The van der Waals surface area contributed by atoms with Crippen LogP contribution in [0.15, 0.2) is 30.6 Å². The monoisotopic (exact) mass is 244 g/mol. The van der Waals surface area contributed by atoms with Crippen molar-refractivity contribution in [1.82, 2.24) is 14.8 Å². The van der Waals surface area contributed by atoms with Crippen molar-refractivity contribution < 1.29 is 0 Å². The van der Waals surface area contributed by atoms with Crippen molar-refractivity contribution in [3.05, 3.63) is 47.5 Å². The van der Waals surface area contributed by atoms with Crippen molar-refractivity contribution in [3.8, 4) is 0 Å². The highest BCUT2D eigenvalue weighted by Gasteiger charge is 2.11. The van der Waals surface area contributed by atoms with Crippen LogP contribution < -0.4 is 5.73 Å². The van der Waals surface area contributed by atoms with E-state index in [1.165, 1.54) is 11.1 Å². The lowest BCUT2D eigenvalue weighted by Crippen LogP contribution is -2.27. The third-order valence-corrected chi connectivity index (χ3v) is 3.18. The normalized spacial score (nSPS) is 12.6. The molecule has 0 aliphatic carbocycles. The Bertz CT molecular complexity index is 504.